The van der Waals surface area contributed by atoms with Crippen molar-refractivity contribution < 1.29 is 4.79 Å². The van der Waals surface area contributed by atoms with E-state index in [1.165, 1.54) is 0 Å². The van der Waals surface area contributed by atoms with Gasteiger partial charge in [-0.2, -0.15) is 0 Å². The molecular weight excluding hydrogens is 310 g/mol. The molecule has 3 rings (SSSR count). The Morgan fingerprint density at radius 2 is 1.95 bits per heavy atom. The fourth-order valence-corrected chi connectivity index (χ4v) is 3.79. The summed E-state index contributed by atoms with van der Waals surface area (Å²) in [5, 5.41) is 5.46. The van der Waals surface area contributed by atoms with Gasteiger partial charge in [0.25, 0.3) is 0 Å². The van der Waals surface area contributed by atoms with Gasteiger partial charge in [-0.25, -0.2) is 4.98 Å². The Morgan fingerprint density at radius 3 is 2.65 bits per heavy atom. The van der Waals surface area contributed by atoms with E-state index in [0.717, 1.165) is 26.2 Å². The number of nitrogens with zero attached hydrogens (tertiary/aromatic N) is 1. The minimum atomic E-state index is 0.0895. The van der Waals surface area contributed by atoms with Gasteiger partial charge < -0.3 is 0 Å². The highest BCUT2D eigenvalue weighted by atomic mass is 35.5. The summed E-state index contributed by atoms with van der Waals surface area (Å²) in [6.45, 7) is 0. The Labute approximate surface area is 129 Å². The first kappa shape index (κ1) is 13.5. The normalized spacial score (nSPS) is 10.7. The average Bonchev–Trinajstić information content (AvgIpc) is 3.09. The van der Waals surface area contributed by atoms with Crippen LogP contribution >= 0.6 is 34.3 Å². The van der Waals surface area contributed by atoms with Crippen LogP contribution in [-0.4, -0.2) is 10.8 Å². The molecule has 0 N–H and O–H groups in total. The van der Waals surface area contributed by atoms with Gasteiger partial charge in [-0.05, 0) is 6.07 Å². The first-order chi connectivity index (χ1) is 9.72. The van der Waals surface area contributed by atoms with E-state index in [2.05, 4.69) is 4.98 Å². The topological polar surface area (TPSA) is 30.0 Å². The summed E-state index contributed by atoms with van der Waals surface area (Å²) in [6, 6.07) is 11.2. The largest absolute Gasteiger partial charge is 0.294 e. The number of Topliss-reactive ketones (excluding diaryl/α,β-unsaturated/α-hetero) is 1. The number of carbonyl (C=O) groups is 1. The molecule has 0 atom stereocenters. The molecule has 0 bridgehead atoms. The zero-order valence-electron chi connectivity index (χ0n) is 10.4. The number of carbonyl (C=O) groups excluding carboxylic acids is 1. The number of ketones is 1. The van der Waals surface area contributed by atoms with Gasteiger partial charge in [0.1, 0.15) is 5.01 Å². The monoisotopic (exact) mass is 319 g/mol. The first-order valence-corrected chi connectivity index (χ1v) is 8.13. The van der Waals surface area contributed by atoms with Gasteiger partial charge in [0.2, 0.25) is 0 Å². The quantitative estimate of drug-likeness (QED) is 0.637. The molecule has 100 valence electrons. The molecule has 2 aromatic heterocycles. The number of halogens is 1. The minimum Gasteiger partial charge on any atom is -0.294 e. The van der Waals surface area contributed by atoms with Crippen molar-refractivity contribution in [3.05, 3.63) is 63.4 Å². The van der Waals surface area contributed by atoms with Crippen molar-refractivity contribution in [1.82, 2.24) is 4.98 Å². The average molecular weight is 320 g/mol. The van der Waals surface area contributed by atoms with Crippen LogP contribution in [0.3, 0.4) is 0 Å². The third-order valence-electron chi connectivity index (χ3n) is 2.77. The first-order valence-electron chi connectivity index (χ1n) is 5.99. The molecule has 0 saturated heterocycles. The van der Waals surface area contributed by atoms with Gasteiger partial charge >= 0.3 is 0 Å². The molecule has 0 spiro atoms. The second-order valence-electron chi connectivity index (χ2n) is 4.24. The number of benzene rings is 1. The summed E-state index contributed by atoms with van der Waals surface area (Å²) in [7, 11) is 0. The highest BCUT2D eigenvalue weighted by Gasteiger charge is 2.11. The van der Waals surface area contributed by atoms with Crippen LogP contribution in [0.15, 0.2) is 47.2 Å². The number of aromatic nitrogens is 1. The molecule has 0 radical (unpaired) electrons. The minimum absolute atomic E-state index is 0.0895. The fraction of sp³-hybridized carbons (Fsp3) is 0.0667. The standard InChI is InChI=1S/C15H10ClNOS2/c16-11-6-14(19-8-11)15-17-12(9-20-15)7-13(18)10-4-2-1-3-5-10/h1-6,8-9H,7H2. The van der Waals surface area contributed by atoms with Gasteiger partial charge in [-0.1, -0.05) is 41.9 Å². The van der Waals surface area contributed by atoms with Gasteiger partial charge in [0.05, 0.1) is 22.0 Å². The molecule has 20 heavy (non-hydrogen) atoms. The number of rotatable bonds is 4. The van der Waals surface area contributed by atoms with Crippen LogP contribution in [0.1, 0.15) is 16.1 Å². The van der Waals surface area contributed by atoms with Gasteiger partial charge in [0, 0.05) is 16.3 Å². The second-order valence-corrected chi connectivity index (χ2v) is 6.44. The Balaban J connectivity index is 1.76. The van der Waals surface area contributed by atoms with Crippen LogP contribution < -0.4 is 0 Å². The van der Waals surface area contributed by atoms with Crippen LogP contribution in [0.5, 0.6) is 0 Å². The van der Waals surface area contributed by atoms with Crippen LogP contribution in [0, 0.1) is 0 Å². The maximum absolute atomic E-state index is 12.1. The summed E-state index contributed by atoms with van der Waals surface area (Å²) < 4.78 is 0. The van der Waals surface area contributed by atoms with E-state index in [1.807, 2.05) is 47.2 Å². The van der Waals surface area contributed by atoms with Gasteiger partial charge in [0.15, 0.2) is 5.78 Å². The maximum Gasteiger partial charge on any atom is 0.168 e. The smallest absolute Gasteiger partial charge is 0.168 e. The number of thiazole rings is 1. The van der Waals surface area contributed by atoms with Crippen molar-refractivity contribution in [2.75, 3.05) is 0 Å². The highest BCUT2D eigenvalue weighted by molar-refractivity contribution is 7.20. The molecule has 0 aliphatic carbocycles. The summed E-state index contributed by atoms with van der Waals surface area (Å²) in [6.07, 6.45) is 0.333. The summed E-state index contributed by atoms with van der Waals surface area (Å²) in [4.78, 5) is 17.7. The molecule has 0 amide bonds. The van der Waals surface area contributed by atoms with Crippen LogP contribution in [0.2, 0.25) is 5.02 Å². The van der Waals surface area contributed by atoms with Crippen molar-refractivity contribution in [3.63, 3.8) is 0 Å². The molecule has 1 aromatic carbocycles. The van der Waals surface area contributed by atoms with Crippen LogP contribution in [0.25, 0.3) is 9.88 Å². The van der Waals surface area contributed by atoms with E-state index in [1.54, 1.807) is 22.7 Å². The van der Waals surface area contributed by atoms with Crippen LogP contribution in [0.4, 0.5) is 0 Å². The zero-order chi connectivity index (χ0) is 13.9. The van der Waals surface area contributed by atoms with Crippen LogP contribution in [-0.2, 0) is 6.42 Å². The Kier molecular flexibility index (Phi) is 3.96. The van der Waals surface area contributed by atoms with Crippen molar-refractivity contribution in [2.24, 2.45) is 0 Å². The maximum atomic E-state index is 12.1. The molecule has 2 heterocycles. The van der Waals surface area contributed by atoms with Crippen molar-refractivity contribution in [1.29, 1.82) is 0 Å². The Bertz CT molecular complexity index is 733. The van der Waals surface area contributed by atoms with E-state index in [0.29, 0.717) is 6.42 Å². The molecule has 0 saturated carbocycles. The molecule has 5 heteroatoms. The lowest BCUT2D eigenvalue weighted by Gasteiger charge is -1.97. The van der Waals surface area contributed by atoms with Crippen molar-refractivity contribution in [3.8, 4) is 9.88 Å². The number of hydrogen-bond acceptors (Lipinski definition) is 4. The molecule has 0 aliphatic heterocycles. The third kappa shape index (κ3) is 2.98. The molecule has 0 aliphatic rings. The summed E-state index contributed by atoms with van der Waals surface area (Å²) in [5.74, 6) is 0.0895. The molecule has 2 nitrogen and oxygen atoms in total. The highest BCUT2D eigenvalue weighted by Crippen LogP contribution is 2.31. The van der Waals surface area contributed by atoms with E-state index in [9.17, 15) is 4.79 Å². The third-order valence-corrected chi connectivity index (χ3v) is 5.11. The molecule has 0 unspecified atom stereocenters. The molecule has 0 fully saturated rings. The van der Waals surface area contributed by atoms with Crippen molar-refractivity contribution in [2.45, 2.75) is 6.42 Å². The van der Waals surface area contributed by atoms with Gasteiger partial charge in [-0.15, -0.1) is 22.7 Å². The van der Waals surface area contributed by atoms with E-state index in [-0.39, 0.29) is 5.78 Å². The fourth-order valence-electron chi connectivity index (χ4n) is 1.82. The predicted octanol–water partition coefficient (Wildman–Crippen LogP) is 4.95. The lowest BCUT2D eigenvalue weighted by molar-refractivity contribution is 0.0992. The zero-order valence-corrected chi connectivity index (χ0v) is 12.8. The lowest BCUT2D eigenvalue weighted by atomic mass is 10.1. The number of thiophene rings is 1. The van der Waals surface area contributed by atoms with Gasteiger partial charge in [-0.3, -0.25) is 4.79 Å². The number of hydrogen-bond donors (Lipinski definition) is 0. The molecular formula is C15H10ClNOS2. The van der Waals surface area contributed by atoms with E-state index >= 15 is 0 Å². The lowest BCUT2D eigenvalue weighted by Crippen LogP contribution is -2.03. The molecule has 3 aromatic rings. The predicted molar refractivity (Wildman–Crippen MR) is 84.9 cm³/mol. The van der Waals surface area contributed by atoms with E-state index < -0.39 is 0 Å². The summed E-state index contributed by atoms with van der Waals surface area (Å²) in [5.41, 5.74) is 1.53. The van der Waals surface area contributed by atoms with E-state index in [4.69, 9.17) is 11.6 Å². The Morgan fingerprint density at radius 1 is 1.15 bits per heavy atom. The Hall–Kier alpha value is -1.49. The second kappa shape index (κ2) is 5.87. The van der Waals surface area contributed by atoms with Crippen molar-refractivity contribution >= 4 is 40.1 Å². The SMILES string of the molecule is O=C(Cc1csc(-c2cc(Cl)cs2)n1)c1ccccc1. The summed E-state index contributed by atoms with van der Waals surface area (Å²) >= 11 is 9.02.